The number of hydrogen-bond donors (Lipinski definition) is 8. The number of rotatable bonds is 14. The van der Waals surface area contributed by atoms with Gasteiger partial charge in [0.15, 0.2) is 0 Å². The van der Waals surface area contributed by atoms with E-state index in [9.17, 15) is 50.4 Å². The molecule has 1 rings (SSSR count). The highest BCUT2D eigenvalue weighted by Crippen LogP contribution is 2.15. The lowest BCUT2D eigenvalue weighted by molar-refractivity contribution is 0.00393. The molecule has 0 aliphatic rings. The maximum atomic E-state index is 13.0. The van der Waals surface area contributed by atoms with Crippen molar-refractivity contribution in [1.29, 1.82) is 0 Å². The minimum Gasteiger partial charge on any atom is -0.394 e. The van der Waals surface area contributed by atoms with E-state index in [0.29, 0.717) is 0 Å². The van der Waals surface area contributed by atoms with Crippen molar-refractivity contribution in [3.05, 3.63) is 23.8 Å². The van der Waals surface area contributed by atoms with Crippen molar-refractivity contribution in [3.8, 4) is 0 Å². The standard InChI is InChI=1S/C18H30N4O10/c23-3-11(4-24)21(12(5-25)6-26)17(31)15-1-19-2-16(20-15)18(32)22(13(7-27)8-28)14(9-29)10-30/h1-2,11-14,23-30H,3-10H2. The molecular weight excluding hydrogens is 432 g/mol. The summed E-state index contributed by atoms with van der Waals surface area (Å²) in [6.45, 7) is -5.54. The number of aliphatic hydroxyl groups excluding tert-OH is 8. The molecule has 8 N–H and O–H groups in total. The maximum Gasteiger partial charge on any atom is 0.274 e. The minimum absolute atomic E-state index is 0.427. The number of hydrogen-bond acceptors (Lipinski definition) is 12. The van der Waals surface area contributed by atoms with Gasteiger partial charge in [0.05, 0.1) is 89.4 Å². The molecule has 1 heterocycles. The van der Waals surface area contributed by atoms with Crippen LogP contribution >= 0.6 is 0 Å². The molecule has 1 aromatic heterocycles. The summed E-state index contributed by atoms with van der Waals surface area (Å²) < 4.78 is 0. The van der Waals surface area contributed by atoms with E-state index in [1.807, 2.05) is 0 Å². The lowest BCUT2D eigenvalue weighted by Gasteiger charge is -2.35. The topological polar surface area (TPSA) is 228 Å². The minimum atomic E-state index is -1.19. The van der Waals surface area contributed by atoms with Crippen molar-refractivity contribution in [2.45, 2.75) is 24.2 Å². The Balaban J connectivity index is 3.40. The molecule has 0 bridgehead atoms. The zero-order chi connectivity index (χ0) is 24.3. The third kappa shape index (κ3) is 6.36. The van der Waals surface area contributed by atoms with E-state index < -0.39 is 100 Å². The molecule has 182 valence electrons. The lowest BCUT2D eigenvalue weighted by Crippen LogP contribution is -2.54. The molecule has 0 aromatic carbocycles. The largest absolute Gasteiger partial charge is 0.394 e. The van der Waals surface area contributed by atoms with E-state index in [2.05, 4.69) is 9.97 Å². The van der Waals surface area contributed by atoms with Crippen LogP contribution in [0.3, 0.4) is 0 Å². The maximum absolute atomic E-state index is 13.0. The molecular formula is C18H30N4O10. The Bertz CT molecular complexity index is 630. The monoisotopic (exact) mass is 462 g/mol. The molecule has 0 atom stereocenters. The molecule has 0 unspecified atom stereocenters. The van der Waals surface area contributed by atoms with E-state index in [1.165, 1.54) is 0 Å². The van der Waals surface area contributed by atoms with E-state index >= 15 is 0 Å². The van der Waals surface area contributed by atoms with Crippen molar-refractivity contribution in [3.63, 3.8) is 0 Å². The fourth-order valence-electron chi connectivity index (χ4n) is 3.03. The second-order valence-electron chi connectivity index (χ2n) is 6.79. The van der Waals surface area contributed by atoms with Crippen LogP contribution in [0.2, 0.25) is 0 Å². The van der Waals surface area contributed by atoms with Gasteiger partial charge in [-0.2, -0.15) is 0 Å². The van der Waals surface area contributed by atoms with Gasteiger partial charge in [0.1, 0.15) is 11.4 Å². The highest BCUT2D eigenvalue weighted by molar-refractivity contribution is 5.96. The van der Waals surface area contributed by atoms with Crippen LogP contribution in [-0.2, 0) is 0 Å². The molecule has 0 aliphatic heterocycles. The van der Waals surface area contributed by atoms with Crippen LogP contribution < -0.4 is 0 Å². The van der Waals surface area contributed by atoms with Gasteiger partial charge in [-0.15, -0.1) is 0 Å². The Morgan fingerprint density at radius 2 is 0.844 bits per heavy atom. The van der Waals surface area contributed by atoms with Crippen LogP contribution in [0.25, 0.3) is 0 Å². The van der Waals surface area contributed by atoms with Gasteiger partial charge in [0, 0.05) is 0 Å². The third-order valence-electron chi connectivity index (χ3n) is 4.80. The second kappa shape index (κ2) is 14.0. The quantitative estimate of drug-likeness (QED) is 0.130. The summed E-state index contributed by atoms with van der Waals surface area (Å²) >= 11 is 0. The third-order valence-corrected chi connectivity index (χ3v) is 4.80. The summed E-state index contributed by atoms with van der Waals surface area (Å²) in [5.74, 6) is -1.91. The van der Waals surface area contributed by atoms with Gasteiger partial charge in [-0.1, -0.05) is 0 Å². The van der Waals surface area contributed by atoms with Crippen LogP contribution in [0.4, 0.5) is 0 Å². The summed E-state index contributed by atoms with van der Waals surface area (Å²) in [5.41, 5.74) is -0.854. The van der Waals surface area contributed by atoms with Crippen molar-refractivity contribution in [2.75, 3.05) is 52.9 Å². The van der Waals surface area contributed by atoms with Gasteiger partial charge in [-0.3, -0.25) is 14.6 Å². The average Bonchev–Trinajstić information content (AvgIpc) is 2.83. The molecule has 0 radical (unpaired) electrons. The molecule has 32 heavy (non-hydrogen) atoms. The van der Waals surface area contributed by atoms with Gasteiger partial charge >= 0.3 is 0 Å². The molecule has 0 fully saturated rings. The zero-order valence-electron chi connectivity index (χ0n) is 17.3. The molecule has 0 spiro atoms. The van der Waals surface area contributed by atoms with Crippen LogP contribution in [-0.4, -0.2) is 149 Å². The number of aromatic nitrogens is 2. The van der Waals surface area contributed by atoms with E-state index in [-0.39, 0.29) is 0 Å². The predicted molar refractivity (Wildman–Crippen MR) is 106 cm³/mol. The summed E-state index contributed by atoms with van der Waals surface area (Å²) in [6, 6.07) is -4.76. The van der Waals surface area contributed by atoms with Gasteiger partial charge in [0.25, 0.3) is 11.8 Å². The van der Waals surface area contributed by atoms with Gasteiger partial charge < -0.3 is 50.7 Å². The Labute approximate surface area is 183 Å². The van der Waals surface area contributed by atoms with Crippen LogP contribution in [0.15, 0.2) is 12.4 Å². The molecule has 0 aliphatic carbocycles. The molecule has 2 amide bonds. The first-order valence-electron chi connectivity index (χ1n) is 9.73. The average molecular weight is 462 g/mol. The number of carbonyl (C=O) groups is 2. The lowest BCUT2D eigenvalue weighted by atomic mass is 10.1. The van der Waals surface area contributed by atoms with E-state index in [1.54, 1.807) is 0 Å². The summed E-state index contributed by atoms with van der Waals surface area (Å²) in [4.78, 5) is 35.3. The Kier molecular flexibility index (Phi) is 12.1. The number of aliphatic hydroxyl groups is 8. The van der Waals surface area contributed by atoms with Crippen LogP contribution in [0.1, 0.15) is 21.0 Å². The van der Waals surface area contributed by atoms with Crippen LogP contribution in [0, 0.1) is 0 Å². The highest BCUT2D eigenvalue weighted by atomic mass is 16.3. The highest BCUT2D eigenvalue weighted by Gasteiger charge is 2.34. The van der Waals surface area contributed by atoms with Crippen molar-refractivity contribution < 1.29 is 50.4 Å². The molecule has 14 heteroatoms. The van der Waals surface area contributed by atoms with Crippen molar-refractivity contribution >= 4 is 11.8 Å². The van der Waals surface area contributed by atoms with Gasteiger partial charge in [-0.05, 0) is 0 Å². The number of nitrogens with zero attached hydrogens (tertiary/aromatic N) is 4. The molecule has 1 aromatic rings. The number of carbonyl (C=O) groups excluding carboxylic acids is 2. The first kappa shape index (κ1) is 27.7. The van der Waals surface area contributed by atoms with Crippen LogP contribution in [0.5, 0.6) is 0 Å². The molecule has 14 nitrogen and oxygen atoms in total. The Morgan fingerprint density at radius 1 is 0.594 bits per heavy atom. The fourth-order valence-corrected chi connectivity index (χ4v) is 3.03. The van der Waals surface area contributed by atoms with Gasteiger partial charge in [-0.25, -0.2) is 4.98 Å². The van der Waals surface area contributed by atoms with Crippen molar-refractivity contribution in [2.24, 2.45) is 0 Å². The van der Waals surface area contributed by atoms with Crippen molar-refractivity contribution in [1.82, 2.24) is 19.8 Å². The van der Waals surface area contributed by atoms with E-state index in [0.717, 1.165) is 22.2 Å². The fraction of sp³-hybridized carbons (Fsp3) is 0.667. The Hall–Kier alpha value is -2.30. The smallest absolute Gasteiger partial charge is 0.274 e. The summed E-state index contributed by atoms with van der Waals surface area (Å²) in [6.07, 6.45) is 1.97. The second-order valence-corrected chi connectivity index (χ2v) is 6.79. The predicted octanol–water partition coefficient (Wildman–Crippen LogP) is -5.23. The Morgan fingerprint density at radius 3 is 1.06 bits per heavy atom. The van der Waals surface area contributed by atoms with Gasteiger partial charge in [0.2, 0.25) is 0 Å². The SMILES string of the molecule is O=C(c1cncc(C(=O)N(C(CO)CO)C(CO)CO)n1)N(C(CO)CO)C(CO)CO. The van der Waals surface area contributed by atoms with E-state index in [4.69, 9.17) is 0 Å². The normalized spacial score (nSPS) is 11.6. The zero-order valence-corrected chi connectivity index (χ0v) is 17.3. The first-order chi connectivity index (χ1) is 15.4. The number of amides is 2. The molecule has 0 saturated carbocycles. The summed E-state index contributed by atoms with van der Waals surface area (Å²) in [5, 5.41) is 75.8. The molecule has 0 saturated heterocycles. The first-order valence-corrected chi connectivity index (χ1v) is 9.73. The summed E-state index contributed by atoms with van der Waals surface area (Å²) in [7, 11) is 0.